The summed E-state index contributed by atoms with van der Waals surface area (Å²) >= 11 is 0. The standard InChI is InChI=1S/C18H28N4O5/c1-17(2,3)27-16(23)22-18(13-24-10-4-7-19,14-25-11-5-8-20)15-26-12-6-9-21/h4-6,10-15H2,1-3H3,(H,22,23). The van der Waals surface area contributed by atoms with Crippen LogP contribution in [0.3, 0.4) is 0 Å². The Morgan fingerprint density at radius 2 is 1.19 bits per heavy atom. The molecule has 0 spiro atoms. The molecule has 0 aromatic heterocycles. The molecule has 0 rings (SSSR count). The summed E-state index contributed by atoms with van der Waals surface area (Å²) < 4.78 is 21.8. The Morgan fingerprint density at radius 1 is 0.815 bits per heavy atom. The second kappa shape index (κ2) is 13.8. The molecule has 0 aromatic carbocycles. The lowest BCUT2D eigenvalue weighted by Crippen LogP contribution is -2.59. The van der Waals surface area contributed by atoms with Crippen molar-refractivity contribution in [1.29, 1.82) is 15.8 Å². The van der Waals surface area contributed by atoms with E-state index in [4.69, 9.17) is 34.7 Å². The quantitative estimate of drug-likeness (QED) is 0.479. The maximum absolute atomic E-state index is 12.3. The molecule has 0 saturated carbocycles. The van der Waals surface area contributed by atoms with Gasteiger partial charge in [-0.25, -0.2) is 4.79 Å². The second-order valence-corrected chi connectivity index (χ2v) is 6.79. The minimum atomic E-state index is -1.08. The topological polar surface area (TPSA) is 137 Å². The number of nitriles is 3. The number of amides is 1. The van der Waals surface area contributed by atoms with Crippen molar-refractivity contribution in [2.45, 2.75) is 51.2 Å². The number of hydrogen-bond donors (Lipinski definition) is 1. The first-order chi connectivity index (χ1) is 12.8. The lowest BCUT2D eigenvalue weighted by molar-refractivity contribution is -0.0420. The number of nitrogens with one attached hydrogen (secondary N) is 1. The van der Waals surface area contributed by atoms with E-state index in [1.807, 2.05) is 18.2 Å². The minimum absolute atomic E-state index is 0.0209. The Bertz CT molecular complexity index is 499. The summed E-state index contributed by atoms with van der Waals surface area (Å²) in [6, 6.07) is 5.92. The summed E-state index contributed by atoms with van der Waals surface area (Å²) in [5.41, 5.74) is -1.77. The first-order valence-electron chi connectivity index (χ1n) is 8.64. The summed E-state index contributed by atoms with van der Waals surface area (Å²) in [5, 5.41) is 28.7. The van der Waals surface area contributed by atoms with Gasteiger partial charge < -0.3 is 24.3 Å². The predicted octanol–water partition coefficient (Wildman–Crippen LogP) is 2.04. The van der Waals surface area contributed by atoms with Crippen LogP contribution in [0.5, 0.6) is 0 Å². The molecule has 0 aliphatic rings. The van der Waals surface area contributed by atoms with Crippen LogP contribution in [0.25, 0.3) is 0 Å². The summed E-state index contributed by atoms with van der Waals surface area (Å²) in [6.07, 6.45) is -0.0630. The fourth-order valence-electron chi connectivity index (χ4n) is 1.91. The van der Waals surface area contributed by atoms with Gasteiger partial charge in [-0.2, -0.15) is 15.8 Å². The largest absolute Gasteiger partial charge is 0.444 e. The van der Waals surface area contributed by atoms with E-state index in [0.29, 0.717) is 0 Å². The van der Waals surface area contributed by atoms with Crippen LogP contribution < -0.4 is 5.32 Å². The van der Waals surface area contributed by atoms with Gasteiger partial charge in [-0.05, 0) is 20.8 Å². The monoisotopic (exact) mass is 380 g/mol. The van der Waals surface area contributed by atoms with Gasteiger partial charge in [0.25, 0.3) is 0 Å². The molecule has 0 heterocycles. The third kappa shape index (κ3) is 13.5. The smallest absolute Gasteiger partial charge is 0.408 e. The van der Waals surface area contributed by atoms with Crippen molar-refractivity contribution in [3.8, 4) is 18.2 Å². The van der Waals surface area contributed by atoms with Gasteiger partial charge in [-0.15, -0.1) is 0 Å². The molecule has 9 heteroatoms. The van der Waals surface area contributed by atoms with E-state index in [-0.39, 0.29) is 58.9 Å². The highest BCUT2D eigenvalue weighted by molar-refractivity contribution is 5.68. The third-order valence-electron chi connectivity index (χ3n) is 2.98. The average Bonchev–Trinajstić information content (AvgIpc) is 2.58. The summed E-state index contributed by atoms with van der Waals surface area (Å²) in [6.45, 7) is 5.84. The third-order valence-corrected chi connectivity index (χ3v) is 2.98. The molecule has 0 aliphatic heterocycles. The van der Waals surface area contributed by atoms with Crippen LogP contribution in [0.4, 0.5) is 4.79 Å². The molecule has 150 valence electrons. The molecule has 27 heavy (non-hydrogen) atoms. The van der Waals surface area contributed by atoms with Crippen molar-refractivity contribution in [3.05, 3.63) is 0 Å². The van der Waals surface area contributed by atoms with Gasteiger partial charge in [0.1, 0.15) is 11.1 Å². The fraction of sp³-hybridized carbons (Fsp3) is 0.778. The van der Waals surface area contributed by atoms with Gasteiger partial charge in [0, 0.05) is 0 Å². The van der Waals surface area contributed by atoms with Gasteiger partial charge in [0.15, 0.2) is 0 Å². The van der Waals surface area contributed by atoms with E-state index < -0.39 is 17.2 Å². The SMILES string of the molecule is CC(C)(C)OC(=O)NC(COCCC#N)(COCCC#N)COCCC#N. The van der Waals surface area contributed by atoms with Crippen LogP contribution in [-0.4, -0.2) is 56.9 Å². The first kappa shape index (κ1) is 24.6. The highest BCUT2D eigenvalue weighted by Gasteiger charge is 2.35. The molecule has 0 radical (unpaired) electrons. The van der Waals surface area contributed by atoms with Gasteiger partial charge in [-0.1, -0.05) is 0 Å². The molecular formula is C18H28N4O5. The fourth-order valence-corrected chi connectivity index (χ4v) is 1.91. The number of hydrogen-bond acceptors (Lipinski definition) is 8. The van der Waals surface area contributed by atoms with Crippen molar-refractivity contribution < 1.29 is 23.7 Å². The van der Waals surface area contributed by atoms with Crippen LogP contribution >= 0.6 is 0 Å². The second-order valence-electron chi connectivity index (χ2n) is 6.79. The zero-order valence-electron chi connectivity index (χ0n) is 16.2. The normalized spacial score (nSPS) is 11.1. The zero-order chi connectivity index (χ0) is 20.6. The highest BCUT2D eigenvalue weighted by Crippen LogP contribution is 2.13. The van der Waals surface area contributed by atoms with Crippen LogP contribution in [0, 0.1) is 34.0 Å². The predicted molar refractivity (Wildman–Crippen MR) is 95.2 cm³/mol. The first-order valence-corrected chi connectivity index (χ1v) is 8.64. The van der Waals surface area contributed by atoms with Crippen molar-refractivity contribution >= 4 is 6.09 Å². The Balaban J connectivity index is 5.14. The van der Waals surface area contributed by atoms with Gasteiger partial charge >= 0.3 is 6.09 Å². The van der Waals surface area contributed by atoms with E-state index in [2.05, 4.69) is 5.32 Å². The van der Waals surface area contributed by atoms with Gasteiger partial charge in [0.2, 0.25) is 0 Å². The van der Waals surface area contributed by atoms with E-state index in [1.165, 1.54) is 0 Å². The highest BCUT2D eigenvalue weighted by atomic mass is 16.6. The molecule has 0 bridgehead atoms. The van der Waals surface area contributed by atoms with Crippen LogP contribution in [0.2, 0.25) is 0 Å². The maximum Gasteiger partial charge on any atom is 0.408 e. The molecule has 0 atom stereocenters. The number of alkyl carbamates (subject to hydrolysis) is 1. The van der Waals surface area contributed by atoms with E-state index in [1.54, 1.807) is 20.8 Å². The summed E-state index contributed by atoms with van der Waals surface area (Å²) in [7, 11) is 0. The van der Waals surface area contributed by atoms with Crippen molar-refractivity contribution in [2.24, 2.45) is 0 Å². The average molecular weight is 380 g/mol. The lowest BCUT2D eigenvalue weighted by atomic mass is 10.0. The molecule has 0 saturated heterocycles. The summed E-state index contributed by atoms with van der Waals surface area (Å²) in [4.78, 5) is 12.3. The van der Waals surface area contributed by atoms with Crippen molar-refractivity contribution in [3.63, 3.8) is 0 Å². The molecule has 1 amide bonds. The molecule has 0 unspecified atom stereocenters. The molecule has 1 N–H and O–H groups in total. The number of carbonyl (C=O) groups is 1. The number of rotatable bonds is 13. The van der Waals surface area contributed by atoms with E-state index in [0.717, 1.165) is 0 Å². The molecule has 0 aliphatic carbocycles. The van der Waals surface area contributed by atoms with Crippen molar-refractivity contribution in [2.75, 3.05) is 39.6 Å². The van der Waals surface area contributed by atoms with Gasteiger partial charge in [-0.3, -0.25) is 0 Å². The van der Waals surface area contributed by atoms with Crippen LogP contribution in [0.1, 0.15) is 40.0 Å². The van der Waals surface area contributed by atoms with E-state index >= 15 is 0 Å². The Hall–Kier alpha value is -2.38. The Labute approximate surface area is 160 Å². The summed E-state index contributed by atoms with van der Waals surface area (Å²) in [5.74, 6) is 0. The Kier molecular flexibility index (Phi) is 12.6. The van der Waals surface area contributed by atoms with E-state index in [9.17, 15) is 4.79 Å². The molecule has 0 fully saturated rings. The molecule has 9 nitrogen and oxygen atoms in total. The zero-order valence-corrected chi connectivity index (χ0v) is 16.2. The lowest BCUT2D eigenvalue weighted by Gasteiger charge is -2.34. The number of carbonyl (C=O) groups excluding carboxylic acids is 1. The van der Waals surface area contributed by atoms with Crippen LogP contribution in [0.15, 0.2) is 0 Å². The molecular weight excluding hydrogens is 352 g/mol. The van der Waals surface area contributed by atoms with Gasteiger partial charge in [0.05, 0.1) is 77.1 Å². The number of ether oxygens (including phenoxy) is 4. The molecule has 0 aromatic rings. The van der Waals surface area contributed by atoms with Crippen LogP contribution in [-0.2, 0) is 18.9 Å². The van der Waals surface area contributed by atoms with Crippen molar-refractivity contribution in [1.82, 2.24) is 5.32 Å². The maximum atomic E-state index is 12.3. The number of nitrogens with zero attached hydrogens (tertiary/aromatic N) is 3. The minimum Gasteiger partial charge on any atom is -0.444 e. The Morgan fingerprint density at radius 3 is 1.48 bits per heavy atom.